The maximum absolute atomic E-state index is 12.3. The number of carbonyl (C=O) groups excluding carboxylic acids is 2. The van der Waals surface area contributed by atoms with E-state index in [9.17, 15) is 9.59 Å². The van der Waals surface area contributed by atoms with Gasteiger partial charge in [0.1, 0.15) is 5.82 Å². The lowest BCUT2D eigenvalue weighted by Gasteiger charge is -2.18. The molecule has 1 aromatic rings. The summed E-state index contributed by atoms with van der Waals surface area (Å²) in [4.78, 5) is 33.1. The minimum Gasteiger partial charge on any atom is -0.338 e. The third kappa shape index (κ3) is 5.02. The highest BCUT2D eigenvalue weighted by atomic mass is 16.2. The maximum Gasteiger partial charge on any atom is 0.320 e. The molecule has 0 bridgehead atoms. The van der Waals surface area contributed by atoms with Crippen molar-refractivity contribution in [2.75, 3.05) is 11.9 Å². The number of aromatic nitrogens is 2. The lowest BCUT2D eigenvalue weighted by Crippen LogP contribution is -2.34. The molecule has 0 spiro atoms. The molecule has 0 aromatic carbocycles. The van der Waals surface area contributed by atoms with E-state index in [-0.39, 0.29) is 29.2 Å². The maximum atomic E-state index is 12.3. The van der Waals surface area contributed by atoms with Crippen LogP contribution in [0.15, 0.2) is 16.1 Å². The van der Waals surface area contributed by atoms with Gasteiger partial charge in [-0.2, -0.15) is 14.8 Å². The Balaban J connectivity index is 2.39. The van der Waals surface area contributed by atoms with E-state index in [4.69, 9.17) is 0 Å². The number of hydrogen-bond acceptors (Lipinski definition) is 4. The number of hydrogen-bond donors (Lipinski definition) is 2. The van der Waals surface area contributed by atoms with Gasteiger partial charge in [0, 0.05) is 23.7 Å². The monoisotopic (exact) mass is 374 g/mol. The number of nitrogens with one attached hydrogen (secondary N) is 2. The van der Waals surface area contributed by atoms with Crippen LogP contribution in [0.4, 0.5) is 10.6 Å². The number of anilines is 1. The number of rotatable bonds is 4. The Bertz CT molecular complexity index is 783. The van der Waals surface area contributed by atoms with Crippen LogP contribution in [0.5, 0.6) is 0 Å². The molecule has 0 radical (unpaired) electrons. The summed E-state index contributed by atoms with van der Waals surface area (Å²) in [6.45, 7) is 14.4. The first-order chi connectivity index (χ1) is 12.5. The number of carbonyl (C=O) groups is 2. The summed E-state index contributed by atoms with van der Waals surface area (Å²) in [7, 11) is 0. The van der Waals surface area contributed by atoms with Crippen LogP contribution in [-0.2, 0) is 10.2 Å². The minimum absolute atomic E-state index is 0.178. The second-order valence-electron chi connectivity index (χ2n) is 8.27. The molecule has 3 amide bonds. The van der Waals surface area contributed by atoms with Crippen molar-refractivity contribution in [2.45, 2.75) is 60.3 Å². The average molecular weight is 374 g/mol. The minimum atomic E-state index is -0.333. The summed E-state index contributed by atoms with van der Waals surface area (Å²) < 4.78 is 1.43. The number of nitrogens with zero attached hydrogens (tertiary/aromatic N) is 4. The van der Waals surface area contributed by atoms with Gasteiger partial charge >= 0.3 is 6.03 Å². The lowest BCUT2D eigenvalue weighted by atomic mass is 9.92. The van der Waals surface area contributed by atoms with E-state index in [0.717, 1.165) is 5.69 Å². The van der Waals surface area contributed by atoms with Crippen LogP contribution in [0.3, 0.4) is 0 Å². The molecule has 27 heavy (non-hydrogen) atoms. The van der Waals surface area contributed by atoms with Gasteiger partial charge in [0.15, 0.2) is 0 Å². The van der Waals surface area contributed by atoms with E-state index in [1.807, 2.05) is 48.5 Å². The van der Waals surface area contributed by atoms with E-state index >= 15 is 0 Å². The molecule has 2 rings (SSSR count). The van der Waals surface area contributed by atoms with Crippen LogP contribution in [0.2, 0.25) is 0 Å². The van der Waals surface area contributed by atoms with Crippen LogP contribution < -0.4 is 10.6 Å². The third-order valence-corrected chi connectivity index (χ3v) is 4.28. The van der Waals surface area contributed by atoms with Gasteiger partial charge in [-0.15, -0.1) is 0 Å². The molecule has 2 N–H and O–H groups in total. The molecule has 0 fully saturated rings. The molecule has 1 unspecified atom stereocenters. The van der Waals surface area contributed by atoms with Gasteiger partial charge in [-0.25, -0.2) is 9.79 Å². The van der Waals surface area contributed by atoms with Crippen LogP contribution in [0.25, 0.3) is 0 Å². The number of amides is 3. The standard InChI is InChI=1S/C19H30N6O2/c1-8-13-12(4)21-17(23-16(13)26)25-15(9-14(24-25)19(5,6)7)22-18(27)20-10-11(2)3/h9,11,13H,8,10H2,1-7H3,(H2,20,22,27). The summed E-state index contributed by atoms with van der Waals surface area (Å²) in [5, 5.41) is 10.2. The predicted octanol–water partition coefficient (Wildman–Crippen LogP) is 3.19. The second-order valence-corrected chi connectivity index (χ2v) is 8.27. The van der Waals surface area contributed by atoms with Gasteiger partial charge in [0.05, 0.1) is 11.6 Å². The summed E-state index contributed by atoms with van der Waals surface area (Å²) in [5.74, 6) is 0.417. The number of urea groups is 1. The Morgan fingerprint density at radius 3 is 2.48 bits per heavy atom. The highest BCUT2D eigenvalue weighted by Gasteiger charge is 2.28. The van der Waals surface area contributed by atoms with Gasteiger partial charge in [0.2, 0.25) is 0 Å². The highest BCUT2D eigenvalue weighted by molar-refractivity contribution is 6.15. The lowest BCUT2D eigenvalue weighted by molar-refractivity contribution is -0.119. The van der Waals surface area contributed by atoms with Crippen molar-refractivity contribution in [2.24, 2.45) is 21.8 Å². The predicted molar refractivity (Wildman–Crippen MR) is 108 cm³/mol. The Hall–Kier alpha value is -2.51. The van der Waals surface area contributed by atoms with Gasteiger partial charge in [-0.05, 0) is 19.3 Å². The van der Waals surface area contributed by atoms with Crippen molar-refractivity contribution in [1.29, 1.82) is 0 Å². The molecule has 0 saturated carbocycles. The summed E-state index contributed by atoms with van der Waals surface area (Å²) >= 11 is 0. The molecule has 8 nitrogen and oxygen atoms in total. The fraction of sp³-hybridized carbons (Fsp3) is 0.632. The molecule has 1 aromatic heterocycles. The topological polar surface area (TPSA) is 101 Å². The van der Waals surface area contributed by atoms with Gasteiger partial charge < -0.3 is 5.32 Å². The molecule has 8 heteroatoms. The first kappa shape index (κ1) is 20.8. The Morgan fingerprint density at radius 2 is 1.96 bits per heavy atom. The van der Waals surface area contributed by atoms with Gasteiger partial charge in [-0.3, -0.25) is 10.1 Å². The number of aliphatic imine (C=N–C) groups is 2. The van der Waals surface area contributed by atoms with Crippen molar-refractivity contribution < 1.29 is 9.59 Å². The zero-order valence-electron chi connectivity index (χ0n) is 17.3. The SMILES string of the molecule is CCC1C(=O)N=C(n2nc(C(C)(C)C)cc2NC(=O)NCC(C)C)N=C1C. The van der Waals surface area contributed by atoms with Gasteiger partial charge in [-0.1, -0.05) is 41.5 Å². The van der Waals surface area contributed by atoms with Crippen LogP contribution >= 0.6 is 0 Å². The van der Waals surface area contributed by atoms with Crippen LogP contribution in [0.1, 0.15) is 60.6 Å². The zero-order valence-corrected chi connectivity index (χ0v) is 17.3. The van der Waals surface area contributed by atoms with Crippen LogP contribution in [-0.4, -0.2) is 39.9 Å². The van der Waals surface area contributed by atoms with Crippen molar-refractivity contribution in [3.05, 3.63) is 11.8 Å². The molecule has 1 aliphatic rings. The molecule has 1 aliphatic heterocycles. The fourth-order valence-electron chi connectivity index (χ4n) is 2.63. The first-order valence-corrected chi connectivity index (χ1v) is 9.36. The third-order valence-electron chi connectivity index (χ3n) is 4.28. The second kappa shape index (κ2) is 8.02. The molecule has 1 atom stereocenters. The van der Waals surface area contributed by atoms with Crippen LogP contribution in [0, 0.1) is 11.8 Å². The molecular weight excluding hydrogens is 344 g/mol. The average Bonchev–Trinajstić information content (AvgIpc) is 2.96. The first-order valence-electron chi connectivity index (χ1n) is 9.36. The molecule has 0 saturated heterocycles. The largest absolute Gasteiger partial charge is 0.338 e. The van der Waals surface area contributed by atoms with Crippen molar-refractivity contribution in [3.63, 3.8) is 0 Å². The quantitative estimate of drug-likeness (QED) is 0.846. The summed E-state index contributed by atoms with van der Waals surface area (Å²) in [6, 6.07) is 1.46. The Morgan fingerprint density at radius 1 is 1.30 bits per heavy atom. The fourth-order valence-corrected chi connectivity index (χ4v) is 2.63. The molecule has 0 aliphatic carbocycles. The smallest absolute Gasteiger partial charge is 0.320 e. The van der Waals surface area contributed by atoms with E-state index in [0.29, 0.717) is 30.4 Å². The molecular formula is C19H30N6O2. The zero-order chi connectivity index (χ0) is 20.4. The van der Waals surface area contributed by atoms with E-state index < -0.39 is 0 Å². The molecule has 2 heterocycles. The van der Waals surface area contributed by atoms with E-state index in [2.05, 4.69) is 25.7 Å². The van der Waals surface area contributed by atoms with E-state index in [1.165, 1.54) is 4.68 Å². The Labute approximate surface area is 160 Å². The normalized spacial score (nSPS) is 17.6. The van der Waals surface area contributed by atoms with Crippen molar-refractivity contribution in [3.8, 4) is 0 Å². The van der Waals surface area contributed by atoms with Gasteiger partial charge in [0.25, 0.3) is 11.9 Å². The Kier molecular flexibility index (Phi) is 6.18. The summed E-state index contributed by atoms with van der Waals surface area (Å²) in [6.07, 6.45) is 0.653. The summed E-state index contributed by atoms with van der Waals surface area (Å²) in [5.41, 5.74) is 1.23. The molecule has 148 valence electrons. The van der Waals surface area contributed by atoms with Crippen molar-refractivity contribution in [1.82, 2.24) is 15.1 Å². The van der Waals surface area contributed by atoms with E-state index in [1.54, 1.807) is 6.07 Å². The van der Waals surface area contributed by atoms with Crippen molar-refractivity contribution >= 4 is 29.4 Å². The highest BCUT2D eigenvalue weighted by Crippen LogP contribution is 2.25.